The molecular formula is C29H33N5O4. The Kier molecular flexibility index (Phi) is 8.15. The zero-order valence-corrected chi connectivity index (χ0v) is 21.8. The van der Waals surface area contributed by atoms with Crippen molar-refractivity contribution in [3.63, 3.8) is 0 Å². The van der Waals surface area contributed by atoms with Crippen molar-refractivity contribution in [2.75, 3.05) is 44.8 Å². The lowest BCUT2D eigenvalue weighted by molar-refractivity contribution is -0.00200. The molecule has 9 heteroatoms. The highest BCUT2D eigenvalue weighted by Gasteiger charge is 2.18. The molecule has 5 rings (SSSR count). The lowest BCUT2D eigenvalue weighted by Crippen LogP contribution is -2.44. The minimum Gasteiger partial charge on any atom is -0.494 e. The fourth-order valence-corrected chi connectivity index (χ4v) is 4.49. The van der Waals surface area contributed by atoms with E-state index in [2.05, 4.69) is 22.1 Å². The van der Waals surface area contributed by atoms with E-state index in [4.69, 9.17) is 24.2 Å². The molecule has 0 amide bonds. The third-order valence-electron chi connectivity index (χ3n) is 6.48. The third kappa shape index (κ3) is 6.30. The predicted octanol–water partition coefficient (Wildman–Crippen LogP) is 4.62. The van der Waals surface area contributed by atoms with Crippen LogP contribution in [0.2, 0.25) is 0 Å². The summed E-state index contributed by atoms with van der Waals surface area (Å²) in [6.07, 6.45) is 2.56. The number of hydrogen-bond acceptors (Lipinski definition) is 8. The number of aromatic nitrogens is 3. The first-order valence-electron chi connectivity index (χ1n) is 13.0. The predicted molar refractivity (Wildman–Crippen MR) is 148 cm³/mol. The van der Waals surface area contributed by atoms with Gasteiger partial charge >= 0.3 is 0 Å². The SMILES string of the molecule is CCOc1ccc2nc(-c3cccc(OCCCN4CCOCC4C)c3)nc(Nc3ccc(=O)[nH]c3)c2c1. The van der Waals surface area contributed by atoms with E-state index in [1.165, 1.54) is 6.07 Å². The van der Waals surface area contributed by atoms with Crippen LogP contribution in [0.3, 0.4) is 0 Å². The van der Waals surface area contributed by atoms with Gasteiger partial charge in [0.05, 0.1) is 37.6 Å². The van der Waals surface area contributed by atoms with Crippen LogP contribution in [0.1, 0.15) is 20.3 Å². The van der Waals surface area contributed by atoms with Crippen LogP contribution in [0.5, 0.6) is 11.5 Å². The average molecular weight is 516 g/mol. The number of fused-ring (bicyclic) bond motifs is 1. The molecule has 0 aliphatic carbocycles. The van der Waals surface area contributed by atoms with Gasteiger partial charge in [-0.2, -0.15) is 0 Å². The summed E-state index contributed by atoms with van der Waals surface area (Å²) in [7, 11) is 0. The molecule has 1 aliphatic rings. The zero-order valence-electron chi connectivity index (χ0n) is 21.8. The second-order valence-electron chi connectivity index (χ2n) is 9.26. The number of benzene rings is 2. The Hall–Kier alpha value is -3.95. The van der Waals surface area contributed by atoms with Gasteiger partial charge in [0.25, 0.3) is 0 Å². The van der Waals surface area contributed by atoms with Crippen LogP contribution in [-0.4, -0.2) is 65.4 Å². The van der Waals surface area contributed by atoms with Gasteiger partial charge < -0.3 is 24.5 Å². The molecule has 0 spiro atoms. The van der Waals surface area contributed by atoms with Gasteiger partial charge in [-0.1, -0.05) is 12.1 Å². The summed E-state index contributed by atoms with van der Waals surface area (Å²) in [6.45, 7) is 8.88. The van der Waals surface area contributed by atoms with E-state index < -0.39 is 0 Å². The van der Waals surface area contributed by atoms with Crippen LogP contribution in [-0.2, 0) is 4.74 Å². The van der Waals surface area contributed by atoms with Gasteiger partial charge in [0.1, 0.15) is 17.3 Å². The highest BCUT2D eigenvalue weighted by Crippen LogP contribution is 2.31. The Morgan fingerprint density at radius 3 is 2.82 bits per heavy atom. The number of rotatable bonds is 10. The van der Waals surface area contributed by atoms with Crippen molar-refractivity contribution in [3.05, 3.63) is 71.1 Å². The number of morpholine rings is 1. The molecule has 1 fully saturated rings. The minimum absolute atomic E-state index is 0.168. The van der Waals surface area contributed by atoms with E-state index in [9.17, 15) is 4.79 Å². The maximum absolute atomic E-state index is 11.5. The molecule has 2 N–H and O–H groups in total. The summed E-state index contributed by atoms with van der Waals surface area (Å²) in [5.74, 6) is 2.71. The lowest BCUT2D eigenvalue weighted by Gasteiger charge is -2.33. The topological polar surface area (TPSA) is 102 Å². The largest absolute Gasteiger partial charge is 0.494 e. The molecule has 4 aromatic rings. The summed E-state index contributed by atoms with van der Waals surface area (Å²) in [5, 5.41) is 4.14. The van der Waals surface area contributed by atoms with Crippen molar-refractivity contribution >= 4 is 22.4 Å². The average Bonchev–Trinajstić information content (AvgIpc) is 2.94. The molecule has 198 valence electrons. The molecule has 0 saturated carbocycles. The van der Waals surface area contributed by atoms with Crippen molar-refractivity contribution in [2.24, 2.45) is 0 Å². The quantitative estimate of drug-likeness (QED) is 0.295. The fraction of sp³-hybridized carbons (Fsp3) is 0.345. The Balaban J connectivity index is 1.37. The van der Waals surface area contributed by atoms with Gasteiger partial charge in [-0.25, -0.2) is 9.97 Å². The van der Waals surface area contributed by atoms with Crippen LogP contribution >= 0.6 is 0 Å². The number of H-pyrrole nitrogens is 1. The molecule has 0 radical (unpaired) electrons. The number of anilines is 2. The molecule has 38 heavy (non-hydrogen) atoms. The highest BCUT2D eigenvalue weighted by molar-refractivity contribution is 5.93. The molecule has 2 aromatic heterocycles. The number of aromatic amines is 1. The van der Waals surface area contributed by atoms with Gasteiger partial charge in [0.2, 0.25) is 5.56 Å². The normalized spacial score (nSPS) is 15.9. The summed E-state index contributed by atoms with van der Waals surface area (Å²) < 4.78 is 17.3. The zero-order chi connectivity index (χ0) is 26.3. The van der Waals surface area contributed by atoms with Crippen LogP contribution in [0.4, 0.5) is 11.5 Å². The first-order chi connectivity index (χ1) is 18.6. The monoisotopic (exact) mass is 515 g/mol. The van der Waals surface area contributed by atoms with Crippen LogP contribution in [0, 0.1) is 0 Å². The van der Waals surface area contributed by atoms with Crippen molar-refractivity contribution in [1.29, 1.82) is 0 Å². The van der Waals surface area contributed by atoms with E-state index in [1.54, 1.807) is 12.3 Å². The minimum atomic E-state index is -0.168. The first-order valence-corrected chi connectivity index (χ1v) is 13.0. The Labute approximate surface area is 221 Å². The number of ether oxygens (including phenoxy) is 3. The van der Waals surface area contributed by atoms with E-state index in [-0.39, 0.29) is 5.56 Å². The Morgan fingerprint density at radius 2 is 2.00 bits per heavy atom. The summed E-state index contributed by atoms with van der Waals surface area (Å²) in [4.78, 5) is 26.3. The molecule has 2 aromatic carbocycles. The first kappa shape index (κ1) is 25.7. The Morgan fingerprint density at radius 1 is 1.11 bits per heavy atom. The van der Waals surface area contributed by atoms with Crippen LogP contribution < -0.4 is 20.3 Å². The summed E-state index contributed by atoms with van der Waals surface area (Å²) in [6, 6.07) is 17.2. The van der Waals surface area contributed by atoms with Gasteiger partial charge in [-0.15, -0.1) is 0 Å². The molecule has 1 aliphatic heterocycles. The molecule has 0 bridgehead atoms. The number of nitrogens with zero attached hydrogens (tertiary/aromatic N) is 3. The van der Waals surface area contributed by atoms with E-state index in [0.717, 1.165) is 60.7 Å². The third-order valence-corrected chi connectivity index (χ3v) is 6.48. The maximum Gasteiger partial charge on any atom is 0.248 e. The molecule has 9 nitrogen and oxygen atoms in total. The molecular weight excluding hydrogens is 482 g/mol. The molecule has 1 saturated heterocycles. The molecule has 1 atom stereocenters. The van der Waals surface area contributed by atoms with Gasteiger partial charge in [-0.05, 0) is 56.7 Å². The smallest absolute Gasteiger partial charge is 0.248 e. The maximum atomic E-state index is 11.5. The van der Waals surface area contributed by atoms with E-state index in [0.29, 0.717) is 36.6 Å². The number of nitrogens with one attached hydrogen (secondary N) is 2. The lowest BCUT2D eigenvalue weighted by atomic mass is 10.1. The van der Waals surface area contributed by atoms with E-state index >= 15 is 0 Å². The van der Waals surface area contributed by atoms with Gasteiger partial charge in [-0.3, -0.25) is 9.69 Å². The van der Waals surface area contributed by atoms with Crippen molar-refractivity contribution in [1.82, 2.24) is 19.9 Å². The standard InChI is InChI=1S/C29H33N5O4/c1-3-37-24-9-10-26-25(17-24)29(31-22-8-11-27(35)30-18-22)33-28(32-26)21-6-4-7-23(16-21)38-14-5-12-34-13-15-36-19-20(34)2/h4,6-11,16-18,20H,3,5,12-15,19H2,1-2H3,(H,30,35)(H,31,32,33). The van der Waals surface area contributed by atoms with Crippen LogP contribution in [0.25, 0.3) is 22.3 Å². The van der Waals surface area contributed by atoms with Crippen molar-refractivity contribution in [2.45, 2.75) is 26.3 Å². The summed E-state index contributed by atoms with van der Waals surface area (Å²) >= 11 is 0. The fourth-order valence-electron chi connectivity index (χ4n) is 4.49. The van der Waals surface area contributed by atoms with Gasteiger partial charge in [0.15, 0.2) is 5.82 Å². The van der Waals surface area contributed by atoms with Gasteiger partial charge in [0, 0.05) is 42.3 Å². The summed E-state index contributed by atoms with van der Waals surface area (Å²) in [5.41, 5.74) is 2.17. The van der Waals surface area contributed by atoms with Crippen LogP contribution in [0.15, 0.2) is 65.6 Å². The van der Waals surface area contributed by atoms with Crippen molar-refractivity contribution in [3.8, 4) is 22.9 Å². The number of hydrogen-bond donors (Lipinski definition) is 2. The number of pyridine rings is 1. The molecule has 1 unspecified atom stereocenters. The second-order valence-corrected chi connectivity index (χ2v) is 9.26. The van der Waals surface area contributed by atoms with E-state index in [1.807, 2.05) is 49.4 Å². The second kappa shape index (κ2) is 12.1. The molecule has 3 heterocycles. The Bertz CT molecular complexity index is 1420. The highest BCUT2D eigenvalue weighted by atomic mass is 16.5. The van der Waals surface area contributed by atoms with Crippen molar-refractivity contribution < 1.29 is 14.2 Å².